The fraction of sp³-hybridized carbons (Fsp3) is 0.533. The molecule has 6 nitrogen and oxygen atoms in total. The van der Waals surface area contributed by atoms with E-state index < -0.39 is 11.6 Å². The first-order valence-electron chi connectivity index (χ1n) is 13.3. The minimum Gasteiger partial charge on any atom is -0.476 e. The Kier molecular flexibility index (Phi) is 9.80. The molecular formula is C30H42N2O4. The van der Waals surface area contributed by atoms with Gasteiger partial charge in [-0.05, 0) is 87.8 Å². The molecule has 6 heteroatoms. The van der Waals surface area contributed by atoms with E-state index in [9.17, 15) is 9.59 Å². The SMILES string of the molecule is CCOC(=O)C(C)(C)Oc1ccc(CC(=O)NC(CC(C)C)c2cccc(N3CCCCC3)c2)cc1. The zero-order valence-corrected chi connectivity index (χ0v) is 22.5. The van der Waals surface area contributed by atoms with Crippen LogP contribution in [0.1, 0.15) is 77.5 Å². The Bertz CT molecular complexity index is 994. The van der Waals surface area contributed by atoms with Crippen molar-refractivity contribution in [1.29, 1.82) is 0 Å². The molecule has 1 amide bonds. The van der Waals surface area contributed by atoms with Gasteiger partial charge in [0.05, 0.1) is 19.1 Å². The van der Waals surface area contributed by atoms with Gasteiger partial charge in [-0.2, -0.15) is 0 Å². The van der Waals surface area contributed by atoms with E-state index in [0.29, 0.717) is 18.3 Å². The average Bonchev–Trinajstić information content (AvgIpc) is 2.85. The summed E-state index contributed by atoms with van der Waals surface area (Å²) in [5.41, 5.74) is 2.21. The van der Waals surface area contributed by atoms with Crippen molar-refractivity contribution in [2.45, 2.75) is 78.4 Å². The van der Waals surface area contributed by atoms with E-state index in [-0.39, 0.29) is 18.4 Å². The number of hydrogen-bond donors (Lipinski definition) is 1. The number of carbonyl (C=O) groups excluding carboxylic acids is 2. The van der Waals surface area contributed by atoms with Crippen molar-refractivity contribution in [3.63, 3.8) is 0 Å². The standard InChI is InChI=1S/C30H42N2O4/c1-6-35-29(34)30(4,5)36-26-15-13-23(14-16-26)20-28(33)31-27(19-22(2)3)24-11-10-12-25(21-24)32-17-8-7-9-18-32/h10-16,21-22,27H,6-9,17-20H2,1-5H3,(H,31,33). The number of hydrogen-bond acceptors (Lipinski definition) is 5. The second-order valence-corrected chi connectivity index (χ2v) is 10.5. The summed E-state index contributed by atoms with van der Waals surface area (Å²) in [4.78, 5) is 27.6. The van der Waals surface area contributed by atoms with Crippen molar-refractivity contribution >= 4 is 17.6 Å². The Morgan fingerprint density at radius 3 is 2.36 bits per heavy atom. The largest absolute Gasteiger partial charge is 0.476 e. The van der Waals surface area contributed by atoms with Crippen LogP contribution < -0.4 is 15.0 Å². The number of ether oxygens (including phenoxy) is 2. The molecule has 0 aromatic heterocycles. The van der Waals surface area contributed by atoms with Gasteiger partial charge in [0.25, 0.3) is 0 Å². The molecule has 1 heterocycles. The van der Waals surface area contributed by atoms with Crippen LogP contribution in [0.5, 0.6) is 5.75 Å². The zero-order chi connectivity index (χ0) is 26.1. The third kappa shape index (κ3) is 8.00. The van der Waals surface area contributed by atoms with E-state index in [1.807, 2.05) is 12.1 Å². The van der Waals surface area contributed by atoms with Crippen LogP contribution in [0.4, 0.5) is 5.69 Å². The van der Waals surface area contributed by atoms with Crippen LogP contribution >= 0.6 is 0 Å². The summed E-state index contributed by atoms with van der Waals surface area (Å²) in [5, 5.41) is 3.28. The summed E-state index contributed by atoms with van der Waals surface area (Å²) in [7, 11) is 0. The quantitative estimate of drug-likeness (QED) is 0.397. The van der Waals surface area contributed by atoms with Crippen LogP contribution in [0.15, 0.2) is 48.5 Å². The second kappa shape index (κ2) is 12.8. The monoisotopic (exact) mass is 494 g/mol. The van der Waals surface area contributed by atoms with Crippen LogP contribution in [0.25, 0.3) is 0 Å². The lowest BCUT2D eigenvalue weighted by molar-refractivity contribution is -0.158. The van der Waals surface area contributed by atoms with Gasteiger partial charge < -0.3 is 19.7 Å². The van der Waals surface area contributed by atoms with Crippen molar-refractivity contribution in [2.24, 2.45) is 5.92 Å². The molecular weight excluding hydrogens is 452 g/mol. The second-order valence-electron chi connectivity index (χ2n) is 10.5. The number of rotatable bonds is 11. The van der Waals surface area contributed by atoms with Crippen LogP contribution in [-0.2, 0) is 20.7 Å². The van der Waals surface area contributed by atoms with Crippen LogP contribution in [-0.4, -0.2) is 37.2 Å². The Morgan fingerprint density at radius 2 is 1.72 bits per heavy atom. The van der Waals surface area contributed by atoms with Crippen molar-refractivity contribution in [2.75, 3.05) is 24.6 Å². The van der Waals surface area contributed by atoms with Crippen LogP contribution in [0.2, 0.25) is 0 Å². The summed E-state index contributed by atoms with van der Waals surface area (Å²) >= 11 is 0. The molecule has 0 aliphatic carbocycles. The van der Waals surface area contributed by atoms with Crippen LogP contribution in [0.3, 0.4) is 0 Å². The molecule has 0 radical (unpaired) electrons. The average molecular weight is 495 g/mol. The van der Waals surface area contributed by atoms with Crippen molar-refractivity contribution in [3.8, 4) is 5.75 Å². The fourth-order valence-electron chi connectivity index (χ4n) is 4.59. The van der Waals surface area contributed by atoms with E-state index in [4.69, 9.17) is 9.47 Å². The van der Waals surface area contributed by atoms with Crippen molar-refractivity contribution < 1.29 is 19.1 Å². The Hall–Kier alpha value is -3.02. The predicted octanol–water partition coefficient (Wildman–Crippen LogP) is 5.84. The maximum absolute atomic E-state index is 13.0. The highest BCUT2D eigenvalue weighted by atomic mass is 16.6. The molecule has 1 unspecified atom stereocenters. The normalized spacial score (nSPS) is 14.9. The van der Waals surface area contributed by atoms with E-state index in [1.165, 1.54) is 24.9 Å². The summed E-state index contributed by atoms with van der Waals surface area (Å²) in [5.74, 6) is 0.594. The van der Waals surface area contributed by atoms with Gasteiger partial charge in [0, 0.05) is 18.8 Å². The van der Waals surface area contributed by atoms with Crippen molar-refractivity contribution in [1.82, 2.24) is 5.32 Å². The predicted molar refractivity (Wildman–Crippen MR) is 144 cm³/mol. The lowest BCUT2D eigenvalue weighted by Crippen LogP contribution is -2.39. The number of nitrogens with zero attached hydrogens (tertiary/aromatic N) is 1. The topological polar surface area (TPSA) is 67.9 Å². The number of carbonyl (C=O) groups is 2. The van der Waals surface area contributed by atoms with E-state index in [1.54, 1.807) is 32.9 Å². The molecule has 1 fully saturated rings. The molecule has 2 aromatic rings. The lowest BCUT2D eigenvalue weighted by Gasteiger charge is -2.30. The molecule has 1 saturated heterocycles. The molecule has 36 heavy (non-hydrogen) atoms. The molecule has 2 aromatic carbocycles. The maximum Gasteiger partial charge on any atom is 0.349 e. The lowest BCUT2D eigenvalue weighted by atomic mass is 9.95. The van der Waals surface area contributed by atoms with Gasteiger partial charge in [0.15, 0.2) is 5.60 Å². The van der Waals surface area contributed by atoms with Gasteiger partial charge in [-0.1, -0.05) is 38.1 Å². The number of anilines is 1. The number of benzene rings is 2. The highest BCUT2D eigenvalue weighted by molar-refractivity contribution is 5.80. The molecule has 1 atom stereocenters. The minimum absolute atomic E-state index is 0.00968. The Morgan fingerprint density at radius 1 is 1.03 bits per heavy atom. The number of nitrogens with one attached hydrogen (secondary N) is 1. The highest BCUT2D eigenvalue weighted by Gasteiger charge is 2.31. The summed E-state index contributed by atoms with van der Waals surface area (Å²) < 4.78 is 10.9. The molecule has 1 N–H and O–H groups in total. The molecule has 1 aliphatic heterocycles. The third-order valence-corrected chi connectivity index (χ3v) is 6.46. The van der Waals surface area contributed by atoms with Gasteiger partial charge in [-0.25, -0.2) is 4.79 Å². The highest BCUT2D eigenvalue weighted by Crippen LogP contribution is 2.27. The Labute approximate surface area is 216 Å². The Balaban J connectivity index is 1.64. The van der Waals surface area contributed by atoms with Gasteiger partial charge in [-0.15, -0.1) is 0 Å². The first-order chi connectivity index (χ1) is 17.2. The van der Waals surface area contributed by atoms with Crippen molar-refractivity contribution in [3.05, 3.63) is 59.7 Å². The van der Waals surface area contributed by atoms with E-state index in [0.717, 1.165) is 30.6 Å². The summed E-state index contributed by atoms with van der Waals surface area (Å²) in [6.07, 6.45) is 4.94. The number of amides is 1. The van der Waals surface area contributed by atoms with Gasteiger partial charge in [0.1, 0.15) is 5.75 Å². The third-order valence-electron chi connectivity index (χ3n) is 6.46. The summed E-state index contributed by atoms with van der Waals surface area (Å²) in [6.45, 7) is 12.0. The minimum atomic E-state index is -1.08. The first-order valence-corrected chi connectivity index (χ1v) is 13.3. The molecule has 0 spiro atoms. The van der Waals surface area contributed by atoms with Gasteiger partial charge >= 0.3 is 5.97 Å². The van der Waals surface area contributed by atoms with E-state index >= 15 is 0 Å². The molecule has 196 valence electrons. The van der Waals surface area contributed by atoms with Gasteiger partial charge in [0.2, 0.25) is 5.91 Å². The smallest absolute Gasteiger partial charge is 0.349 e. The van der Waals surface area contributed by atoms with Crippen LogP contribution in [0, 0.1) is 5.92 Å². The first kappa shape index (κ1) is 27.6. The maximum atomic E-state index is 13.0. The molecule has 3 rings (SSSR count). The fourth-order valence-corrected chi connectivity index (χ4v) is 4.59. The molecule has 0 saturated carbocycles. The number of piperidine rings is 1. The molecule has 0 bridgehead atoms. The molecule has 1 aliphatic rings. The number of esters is 1. The van der Waals surface area contributed by atoms with E-state index in [2.05, 4.69) is 48.3 Å². The summed E-state index contributed by atoms with van der Waals surface area (Å²) in [6, 6.07) is 15.9. The zero-order valence-electron chi connectivity index (χ0n) is 22.5. The van der Waals surface area contributed by atoms with Gasteiger partial charge in [-0.3, -0.25) is 4.79 Å².